The molecule has 29 heavy (non-hydrogen) atoms. The van der Waals surface area contributed by atoms with E-state index in [1.807, 2.05) is 49.5 Å². The number of ether oxygens (including phenoxy) is 1. The van der Waals surface area contributed by atoms with Gasteiger partial charge in [-0.3, -0.25) is 0 Å². The lowest BCUT2D eigenvalue weighted by atomic mass is 10.1. The minimum Gasteiger partial charge on any atom is -0.502 e. The summed E-state index contributed by atoms with van der Waals surface area (Å²) < 4.78 is 7.01. The van der Waals surface area contributed by atoms with Crippen LogP contribution in [-0.2, 0) is 0 Å². The minimum atomic E-state index is -0.0894. The smallest absolute Gasteiger partial charge is 0.288 e. The van der Waals surface area contributed by atoms with Gasteiger partial charge in [0.25, 0.3) is 5.70 Å². The van der Waals surface area contributed by atoms with Crippen LogP contribution in [0.2, 0.25) is 10.0 Å². The van der Waals surface area contributed by atoms with E-state index in [-0.39, 0.29) is 5.76 Å². The zero-order chi connectivity index (χ0) is 21.0. The summed E-state index contributed by atoms with van der Waals surface area (Å²) >= 11 is 18.1. The number of hydrogen-bond donors (Lipinski definition) is 2. The Labute approximate surface area is 185 Å². The Morgan fingerprint density at radius 1 is 1.10 bits per heavy atom. The van der Waals surface area contributed by atoms with Crippen LogP contribution in [0.4, 0.5) is 5.69 Å². The predicted octanol–water partition coefficient (Wildman–Crippen LogP) is 5.92. The number of halogens is 2. The Balaban J connectivity index is 2.12. The van der Waals surface area contributed by atoms with Crippen molar-refractivity contribution in [3.63, 3.8) is 0 Å². The number of benzene rings is 2. The first-order valence-electron chi connectivity index (χ1n) is 8.71. The maximum absolute atomic E-state index is 11.1. The Morgan fingerprint density at radius 3 is 2.62 bits per heavy atom. The lowest BCUT2D eigenvalue weighted by Crippen LogP contribution is -2.38. The van der Waals surface area contributed by atoms with E-state index in [1.165, 1.54) is 0 Å². The van der Waals surface area contributed by atoms with Gasteiger partial charge in [-0.05, 0) is 43.3 Å². The summed E-state index contributed by atoms with van der Waals surface area (Å²) in [6, 6.07) is 16.1. The maximum Gasteiger partial charge on any atom is 0.288 e. The van der Waals surface area contributed by atoms with Crippen LogP contribution >= 0.6 is 35.4 Å². The molecule has 2 aromatic carbocycles. The van der Waals surface area contributed by atoms with E-state index in [2.05, 4.69) is 5.32 Å². The van der Waals surface area contributed by atoms with Crippen LogP contribution in [0.25, 0.3) is 11.5 Å². The summed E-state index contributed by atoms with van der Waals surface area (Å²) in [4.78, 5) is 0.308. The molecule has 1 heterocycles. The molecule has 3 aromatic rings. The molecule has 0 aliphatic rings. The van der Waals surface area contributed by atoms with Crippen molar-refractivity contribution in [3.05, 3.63) is 88.2 Å². The summed E-state index contributed by atoms with van der Waals surface area (Å²) in [5.41, 5.74) is 2.48. The molecule has 7 heteroatoms. The summed E-state index contributed by atoms with van der Waals surface area (Å²) in [5, 5.41) is 15.1. The number of pyridine rings is 1. The molecule has 0 bridgehead atoms. The van der Waals surface area contributed by atoms with Crippen LogP contribution < -0.4 is 14.6 Å². The highest BCUT2D eigenvalue weighted by Crippen LogP contribution is 2.29. The van der Waals surface area contributed by atoms with Gasteiger partial charge in [0.15, 0.2) is 17.4 Å². The third-order valence-corrected chi connectivity index (χ3v) is 5.02. The van der Waals surface area contributed by atoms with Crippen molar-refractivity contribution >= 4 is 57.6 Å². The van der Waals surface area contributed by atoms with Gasteiger partial charge < -0.3 is 15.2 Å². The molecule has 0 aliphatic carbocycles. The van der Waals surface area contributed by atoms with E-state index < -0.39 is 0 Å². The van der Waals surface area contributed by atoms with Gasteiger partial charge in [0.2, 0.25) is 5.76 Å². The second-order valence-electron chi connectivity index (χ2n) is 6.30. The monoisotopic (exact) mass is 445 g/mol. The molecule has 0 amide bonds. The van der Waals surface area contributed by atoms with Crippen molar-refractivity contribution < 1.29 is 14.4 Å². The van der Waals surface area contributed by atoms with Crippen LogP contribution in [0.5, 0.6) is 5.75 Å². The number of aliphatic hydroxyl groups is 1. The van der Waals surface area contributed by atoms with Gasteiger partial charge in [-0.2, -0.15) is 4.57 Å². The molecule has 0 saturated carbocycles. The van der Waals surface area contributed by atoms with Crippen molar-refractivity contribution in [3.8, 4) is 5.75 Å². The Kier molecular flexibility index (Phi) is 6.75. The molecule has 3 rings (SSSR count). The van der Waals surface area contributed by atoms with Crippen molar-refractivity contribution in [2.24, 2.45) is 0 Å². The molecule has 2 N–H and O–H groups in total. The van der Waals surface area contributed by atoms with Gasteiger partial charge in [-0.15, -0.1) is 0 Å². The van der Waals surface area contributed by atoms with E-state index in [0.717, 1.165) is 11.3 Å². The Bertz CT molecular complexity index is 1100. The molecule has 0 unspecified atom stereocenters. The molecule has 148 valence electrons. The third-order valence-electron chi connectivity index (χ3n) is 4.16. The van der Waals surface area contributed by atoms with E-state index in [1.54, 1.807) is 36.1 Å². The largest absolute Gasteiger partial charge is 0.502 e. The zero-order valence-electron chi connectivity index (χ0n) is 15.8. The first-order chi connectivity index (χ1) is 13.9. The molecular formula is C22H19Cl2N2O2S+. The van der Waals surface area contributed by atoms with Gasteiger partial charge in [0.1, 0.15) is 5.75 Å². The highest BCUT2D eigenvalue weighted by atomic mass is 35.5. The lowest BCUT2D eigenvalue weighted by molar-refractivity contribution is -0.576. The molecular weight excluding hydrogens is 427 g/mol. The first-order valence-corrected chi connectivity index (χ1v) is 9.88. The number of aliphatic hydroxyl groups excluding tert-OH is 1. The van der Waals surface area contributed by atoms with Crippen LogP contribution in [0.15, 0.2) is 67.0 Å². The summed E-state index contributed by atoms with van der Waals surface area (Å²) in [6.45, 7) is 1.95. The number of anilines is 1. The molecule has 0 radical (unpaired) electrons. The van der Waals surface area contributed by atoms with Crippen LogP contribution in [0.3, 0.4) is 0 Å². The quantitative estimate of drug-likeness (QED) is 0.221. The van der Waals surface area contributed by atoms with Gasteiger partial charge in [-0.25, -0.2) is 0 Å². The fourth-order valence-electron chi connectivity index (χ4n) is 2.78. The van der Waals surface area contributed by atoms with Gasteiger partial charge in [-0.1, -0.05) is 41.5 Å². The van der Waals surface area contributed by atoms with Crippen molar-refractivity contribution in [1.29, 1.82) is 0 Å². The molecule has 0 atom stereocenters. The van der Waals surface area contributed by atoms with Crippen LogP contribution in [0.1, 0.15) is 11.1 Å². The Hall–Kier alpha value is -2.60. The number of rotatable bonds is 5. The normalized spacial score (nSPS) is 11.6. The average Bonchev–Trinajstić information content (AvgIpc) is 2.70. The Morgan fingerprint density at radius 2 is 1.90 bits per heavy atom. The maximum atomic E-state index is 11.1. The summed E-state index contributed by atoms with van der Waals surface area (Å²) in [6.07, 6.45) is 3.67. The number of aromatic nitrogens is 1. The van der Waals surface area contributed by atoms with E-state index in [0.29, 0.717) is 32.0 Å². The zero-order valence-corrected chi connectivity index (χ0v) is 18.1. The summed E-state index contributed by atoms with van der Waals surface area (Å²) in [5.74, 6) is 0.599. The third kappa shape index (κ3) is 5.07. The van der Waals surface area contributed by atoms with E-state index >= 15 is 0 Å². The predicted molar refractivity (Wildman–Crippen MR) is 123 cm³/mol. The van der Waals surface area contributed by atoms with Crippen molar-refractivity contribution in [1.82, 2.24) is 0 Å². The van der Waals surface area contributed by atoms with Gasteiger partial charge in [0, 0.05) is 34.0 Å². The summed E-state index contributed by atoms with van der Waals surface area (Å²) in [7, 11) is 1.60. The number of nitrogens with one attached hydrogen (secondary N) is 1. The fourth-order valence-corrected chi connectivity index (χ4v) is 3.48. The molecule has 1 aromatic heterocycles. The van der Waals surface area contributed by atoms with Crippen LogP contribution in [-0.4, -0.2) is 17.2 Å². The molecule has 0 saturated heterocycles. The SMILES string of the molecule is COc1cccc(NC(=S)/C(=C(/O)c2cc(Cl)ccc2Cl)[n+]2cccc(C)c2)c1. The first kappa shape index (κ1) is 21.1. The molecule has 0 spiro atoms. The molecule has 4 nitrogen and oxygen atoms in total. The van der Waals surface area contributed by atoms with Crippen molar-refractivity contribution in [2.75, 3.05) is 12.4 Å². The highest BCUT2D eigenvalue weighted by molar-refractivity contribution is 7.81. The lowest BCUT2D eigenvalue weighted by Gasteiger charge is -2.12. The second kappa shape index (κ2) is 9.27. The highest BCUT2D eigenvalue weighted by Gasteiger charge is 2.25. The fraction of sp³-hybridized carbons (Fsp3) is 0.0909. The average molecular weight is 446 g/mol. The van der Waals surface area contributed by atoms with Gasteiger partial charge >= 0.3 is 0 Å². The number of aryl methyl sites for hydroxylation is 1. The van der Waals surface area contributed by atoms with E-state index in [9.17, 15) is 5.11 Å². The van der Waals surface area contributed by atoms with Crippen molar-refractivity contribution in [2.45, 2.75) is 6.92 Å². The second-order valence-corrected chi connectivity index (χ2v) is 7.55. The standard InChI is InChI=1S/C22H18Cl2N2O2S/c1-14-5-4-10-26(13-14)20(21(27)18-11-15(23)8-9-19(18)24)22(29)25-16-6-3-7-17(12-16)28-2/h3-13H,1-2H3,(H-,25,27,29)/p+1. The number of thiocarbonyl (C=S) groups is 1. The molecule has 0 aliphatic heterocycles. The van der Waals surface area contributed by atoms with Gasteiger partial charge in [0.05, 0.1) is 12.1 Å². The number of hydrogen-bond acceptors (Lipinski definition) is 3. The minimum absolute atomic E-state index is 0.0894. The topological polar surface area (TPSA) is 45.4 Å². The number of methoxy groups -OCH3 is 1. The van der Waals surface area contributed by atoms with E-state index in [4.69, 9.17) is 40.2 Å². The van der Waals surface area contributed by atoms with Crippen LogP contribution in [0, 0.1) is 6.92 Å². The molecule has 0 fully saturated rings. The number of nitrogens with zero attached hydrogens (tertiary/aromatic N) is 1.